The van der Waals surface area contributed by atoms with Crippen LogP contribution in [0.15, 0.2) is 42.5 Å². The zero-order valence-electron chi connectivity index (χ0n) is 11.1. The van der Waals surface area contributed by atoms with Crippen LogP contribution in [0.1, 0.15) is 41.3 Å². The standard InChI is InChI=1S/C16H17NO2/c1-10(2)14-9-12(6-7-15(14)18)16(19)11-4-3-5-13(17)8-11/h3-10,18H,17H2,1-2H3. The van der Waals surface area contributed by atoms with E-state index >= 15 is 0 Å². The molecule has 0 radical (unpaired) electrons. The molecule has 2 rings (SSSR count). The Morgan fingerprint density at radius 2 is 1.79 bits per heavy atom. The summed E-state index contributed by atoms with van der Waals surface area (Å²) in [5.41, 5.74) is 8.14. The monoisotopic (exact) mass is 255 g/mol. The number of hydrogen-bond donors (Lipinski definition) is 2. The van der Waals surface area contributed by atoms with Gasteiger partial charge in [-0.1, -0.05) is 26.0 Å². The van der Waals surface area contributed by atoms with Crippen molar-refractivity contribution in [2.75, 3.05) is 5.73 Å². The Bertz CT molecular complexity index is 618. The van der Waals surface area contributed by atoms with Gasteiger partial charge >= 0.3 is 0 Å². The molecule has 3 heteroatoms. The van der Waals surface area contributed by atoms with Crippen LogP contribution >= 0.6 is 0 Å². The number of rotatable bonds is 3. The number of hydrogen-bond acceptors (Lipinski definition) is 3. The van der Waals surface area contributed by atoms with Gasteiger partial charge in [0.25, 0.3) is 0 Å². The summed E-state index contributed by atoms with van der Waals surface area (Å²) >= 11 is 0. The SMILES string of the molecule is CC(C)c1cc(C(=O)c2cccc(N)c2)ccc1O. The van der Waals surface area contributed by atoms with Crippen LogP contribution in [0.5, 0.6) is 5.75 Å². The number of phenolic OH excluding ortho intramolecular Hbond substituents is 1. The summed E-state index contributed by atoms with van der Waals surface area (Å²) in [6.45, 7) is 3.95. The smallest absolute Gasteiger partial charge is 0.193 e. The highest BCUT2D eigenvalue weighted by molar-refractivity contribution is 6.09. The molecule has 0 unspecified atom stereocenters. The van der Waals surface area contributed by atoms with Gasteiger partial charge in [-0.3, -0.25) is 4.79 Å². The number of aromatic hydroxyl groups is 1. The molecular formula is C16H17NO2. The Balaban J connectivity index is 2.42. The van der Waals surface area contributed by atoms with Crippen LogP contribution in [0.3, 0.4) is 0 Å². The molecule has 0 aliphatic heterocycles. The second-order valence-electron chi connectivity index (χ2n) is 4.88. The fourth-order valence-electron chi connectivity index (χ4n) is 2.00. The van der Waals surface area contributed by atoms with Gasteiger partial charge in [0.2, 0.25) is 0 Å². The highest BCUT2D eigenvalue weighted by atomic mass is 16.3. The Labute approximate surface area is 112 Å². The van der Waals surface area contributed by atoms with E-state index in [1.54, 1.807) is 42.5 Å². The second kappa shape index (κ2) is 5.14. The lowest BCUT2D eigenvalue weighted by atomic mass is 9.96. The van der Waals surface area contributed by atoms with E-state index in [1.165, 1.54) is 0 Å². The molecule has 0 spiro atoms. The lowest BCUT2D eigenvalue weighted by molar-refractivity contribution is 0.103. The van der Waals surface area contributed by atoms with Gasteiger partial charge in [0, 0.05) is 16.8 Å². The minimum atomic E-state index is -0.0887. The quantitative estimate of drug-likeness (QED) is 0.653. The van der Waals surface area contributed by atoms with Crippen molar-refractivity contribution in [1.29, 1.82) is 0 Å². The van der Waals surface area contributed by atoms with Crippen molar-refractivity contribution in [3.8, 4) is 5.75 Å². The summed E-state index contributed by atoms with van der Waals surface area (Å²) in [7, 11) is 0. The molecule has 2 aromatic carbocycles. The lowest BCUT2D eigenvalue weighted by Crippen LogP contribution is -2.03. The molecule has 0 atom stereocenters. The van der Waals surface area contributed by atoms with Crippen molar-refractivity contribution in [2.45, 2.75) is 19.8 Å². The highest BCUT2D eigenvalue weighted by Crippen LogP contribution is 2.27. The van der Waals surface area contributed by atoms with E-state index in [0.717, 1.165) is 5.56 Å². The largest absolute Gasteiger partial charge is 0.508 e. The Morgan fingerprint density at radius 3 is 2.42 bits per heavy atom. The van der Waals surface area contributed by atoms with E-state index in [1.807, 2.05) is 13.8 Å². The zero-order chi connectivity index (χ0) is 14.0. The second-order valence-corrected chi connectivity index (χ2v) is 4.88. The number of nitrogen functional groups attached to an aromatic ring is 1. The number of carbonyl (C=O) groups is 1. The summed E-state index contributed by atoms with van der Waals surface area (Å²) in [6, 6.07) is 11.8. The van der Waals surface area contributed by atoms with Crippen LogP contribution in [0, 0.1) is 0 Å². The molecule has 0 heterocycles. The first-order valence-corrected chi connectivity index (χ1v) is 6.22. The number of carbonyl (C=O) groups excluding carboxylic acids is 1. The molecule has 2 aromatic rings. The molecule has 0 aromatic heterocycles. The Kier molecular flexibility index (Phi) is 3.56. The molecule has 0 aliphatic carbocycles. The third-order valence-electron chi connectivity index (χ3n) is 3.06. The van der Waals surface area contributed by atoms with Crippen LogP contribution < -0.4 is 5.73 Å². The topological polar surface area (TPSA) is 63.3 Å². The van der Waals surface area contributed by atoms with E-state index in [-0.39, 0.29) is 17.5 Å². The lowest BCUT2D eigenvalue weighted by Gasteiger charge is -2.10. The predicted octanol–water partition coefficient (Wildman–Crippen LogP) is 3.33. The average Bonchev–Trinajstić information content (AvgIpc) is 2.38. The summed E-state index contributed by atoms with van der Waals surface area (Å²) < 4.78 is 0. The summed E-state index contributed by atoms with van der Waals surface area (Å²) in [5.74, 6) is 0.293. The molecule has 0 saturated heterocycles. The molecule has 0 bridgehead atoms. The molecular weight excluding hydrogens is 238 g/mol. The maximum atomic E-state index is 12.3. The fraction of sp³-hybridized carbons (Fsp3) is 0.188. The van der Waals surface area contributed by atoms with Crippen molar-refractivity contribution < 1.29 is 9.90 Å². The maximum absolute atomic E-state index is 12.3. The van der Waals surface area contributed by atoms with Gasteiger partial charge in [-0.05, 0) is 41.8 Å². The van der Waals surface area contributed by atoms with Gasteiger partial charge in [-0.25, -0.2) is 0 Å². The molecule has 19 heavy (non-hydrogen) atoms. The average molecular weight is 255 g/mol. The van der Waals surface area contributed by atoms with E-state index in [0.29, 0.717) is 16.8 Å². The zero-order valence-corrected chi connectivity index (χ0v) is 11.1. The normalized spacial score (nSPS) is 10.7. The summed E-state index contributed by atoms with van der Waals surface area (Å²) in [5, 5.41) is 9.77. The third-order valence-corrected chi connectivity index (χ3v) is 3.06. The van der Waals surface area contributed by atoms with Crippen LogP contribution in [0.25, 0.3) is 0 Å². The first-order valence-electron chi connectivity index (χ1n) is 6.22. The number of ketones is 1. The minimum absolute atomic E-state index is 0.0887. The van der Waals surface area contributed by atoms with E-state index in [9.17, 15) is 9.90 Å². The molecule has 0 saturated carbocycles. The van der Waals surface area contributed by atoms with Crippen molar-refractivity contribution in [3.63, 3.8) is 0 Å². The number of phenols is 1. The first kappa shape index (κ1) is 13.1. The minimum Gasteiger partial charge on any atom is -0.508 e. The number of anilines is 1. The van der Waals surface area contributed by atoms with Gasteiger partial charge < -0.3 is 10.8 Å². The van der Waals surface area contributed by atoms with Gasteiger partial charge in [0.05, 0.1) is 0 Å². The van der Waals surface area contributed by atoms with Crippen molar-refractivity contribution in [2.24, 2.45) is 0 Å². The van der Waals surface area contributed by atoms with Gasteiger partial charge in [0.1, 0.15) is 5.75 Å². The first-order chi connectivity index (χ1) is 8.99. The van der Waals surface area contributed by atoms with Gasteiger partial charge in [-0.2, -0.15) is 0 Å². The number of benzene rings is 2. The van der Waals surface area contributed by atoms with Crippen molar-refractivity contribution in [3.05, 3.63) is 59.2 Å². The van der Waals surface area contributed by atoms with E-state index in [2.05, 4.69) is 0 Å². The predicted molar refractivity (Wildman–Crippen MR) is 76.5 cm³/mol. The Morgan fingerprint density at radius 1 is 1.11 bits per heavy atom. The molecule has 0 aliphatic rings. The Hall–Kier alpha value is -2.29. The van der Waals surface area contributed by atoms with E-state index < -0.39 is 0 Å². The van der Waals surface area contributed by atoms with Crippen LogP contribution in [0.4, 0.5) is 5.69 Å². The summed E-state index contributed by atoms with van der Waals surface area (Å²) in [6.07, 6.45) is 0. The maximum Gasteiger partial charge on any atom is 0.193 e. The fourth-order valence-corrected chi connectivity index (χ4v) is 2.00. The van der Waals surface area contributed by atoms with Crippen LogP contribution in [-0.4, -0.2) is 10.9 Å². The number of nitrogens with two attached hydrogens (primary N) is 1. The van der Waals surface area contributed by atoms with Crippen LogP contribution in [0.2, 0.25) is 0 Å². The van der Waals surface area contributed by atoms with Gasteiger partial charge in [-0.15, -0.1) is 0 Å². The van der Waals surface area contributed by atoms with E-state index in [4.69, 9.17) is 5.73 Å². The van der Waals surface area contributed by atoms with Gasteiger partial charge in [0.15, 0.2) is 5.78 Å². The molecule has 3 nitrogen and oxygen atoms in total. The highest BCUT2D eigenvalue weighted by Gasteiger charge is 2.13. The molecule has 3 N–H and O–H groups in total. The molecule has 0 amide bonds. The summed E-state index contributed by atoms with van der Waals surface area (Å²) in [4.78, 5) is 12.3. The molecule has 98 valence electrons. The van der Waals surface area contributed by atoms with Crippen molar-refractivity contribution >= 4 is 11.5 Å². The van der Waals surface area contributed by atoms with Crippen LogP contribution in [-0.2, 0) is 0 Å². The van der Waals surface area contributed by atoms with Crippen molar-refractivity contribution in [1.82, 2.24) is 0 Å². The molecule has 0 fully saturated rings. The third kappa shape index (κ3) is 2.76.